The van der Waals surface area contributed by atoms with Gasteiger partial charge in [-0.05, 0) is 86.0 Å². The van der Waals surface area contributed by atoms with Crippen molar-refractivity contribution in [1.29, 1.82) is 0 Å². The van der Waals surface area contributed by atoms with Crippen molar-refractivity contribution in [3.8, 4) is 11.4 Å². The average Bonchev–Trinajstić information content (AvgIpc) is 3.50. The van der Waals surface area contributed by atoms with Gasteiger partial charge in [-0.3, -0.25) is 14.5 Å². The number of nitrogens with zero attached hydrogens (tertiary/aromatic N) is 5. The molecular formula is C25H24F2N6O2S. The summed E-state index contributed by atoms with van der Waals surface area (Å²) in [5.41, 5.74) is 0.316. The van der Waals surface area contributed by atoms with E-state index in [0.29, 0.717) is 16.1 Å². The zero-order valence-electron chi connectivity index (χ0n) is 19.9. The summed E-state index contributed by atoms with van der Waals surface area (Å²) >= 11 is 1.33. The van der Waals surface area contributed by atoms with Gasteiger partial charge < -0.3 is 5.32 Å². The maximum absolute atomic E-state index is 13.7. The SMILES string of the molecule is CC(C)(C)NC(=O)C(c1cccs1)N(C(=O)Cn1nnc(-c2ccc(F)cc2)n1)c1ccc(F)cc1. The van der Waals surface area contributed by atoms with Gasteiger partial charge >= 0.3 is 0 Å². The minimum Gasteiger partial charge on any atom is -0.349 e. The number of carbonyl (C=O) groups is 2. The monoisotopic (exact) mass is 510 g/mol. The molecule has 0 aliphatic heterocycles. The molecule has 186 valence electrons. The van der Waals surface area contributed by atoms with Gasteiger partial charge in [0.15, 0.2) is 0 Å². The van der Waals surface area contributed by atoms with E-state index in [1.54, 1.807) is 12.1 Å². The van der Waals surface area contributed by atoms with Crippen LogP contribution in [0, 0.1) is 11.6 Å². The van der Waals surface area contributed by atoms with Gasteiger partial charge in [-0.2, -0.15) is 4.80 Å². The zero-order chi connectivity index (χ0) is 25.9. The Morgan fingerprint density at radius 2 is 1.67 bits per heavy atom. The second-order valence-corrected chi connectivity index (χ2v) is 10.0. The van der Waals surface area contributed by atoms with E-state index in [-0.39, 0.29) is 18.3 Å². The van der Waals surface area contributed by atoms with Gasteiger partial charge in [0, 0.05) is 21.7 Å². The molecule has 8 nitrogen and oxygen atoms in total. The lowest BCUT2D eigenvalue weighted by atomic mass is 10.1. The summed E-state index contributed by atoms with van der Waals surface area (Å²) in [6, 6.07) is 13.4. The number of amides is 2. The number of nitrogens with one attached hydrogen (secondary N) is 1. The normalized spacial score (nSPS) is 12.2. The fourth-order valence-corrected chi connectivity index (χ4v) is 4.33. The first-order chi connectivity index (χ1) is 17.1. The fraction of sp³-hybridized carbons (Fsp3) is 0.240. The van der Waals surface area contributed by atoms with Crippen LogP contribution in [0.25, 0.3) is 11.4 Å². The van der Waals surface area contributed by atoms with Crippen molar-refractivity contribution in [2.45, 2.75) is 38.9 Å². The van der Waals surface area contributed by atoms with Crippen molar-refractivity contribution in [2.75, 3.05) is 4.90 Å². The van der Waals surface area contributed by atoms with E-state index >= 15 is 0 Å². The topological polar surface area (TPSA) is 93.0 Å². The lowest BCUT2D eigenvalue weighted by molar-refractivity contribution is -0.128. The number of tetrazole rings is 1. The lowest BCUT2D eigenvalue weighted by Gasteiger charge is -2.33. The third-order valence-electron chi connectivity index (χ3n) is 5.02. The van der Waals surface area contributed by atoms with Gasteiger partial charge in [0.25, 0.3) is 5.91 Å². The Labute approximate surface area is 210 Å². The highest BCUT2D eigenvalue weighted by molar-refractivity contribution is 7.10. The molecule has 0 aliphatic rings. The van der Waals surface area contributed by atoms with E-state index < -0.39 is 29.1 Å². The van der Waals surface area contributed by atoms with E-state index in [9.17, 15) is 18.4 Å². The molecule has 1 unspecified atom stereocenters. The third-order valence-corrected chi connectivity index (χ3v) is 5.95. The van der Waals surface area contributed by atoms with Crippen molar-refractivity contribution in [1.82, 2.24) is 25.5 Å². The summed E-state index contributed by atoms with van der Waals surface area (Å²) in [5.74, 6) is -1.55. The standard InChI is InChI=1S/C25H24F2N6O2S/c1-25(2,3)28-24(35)22(20-5-4-14-36-20)33(19-12-10-18(27)11-13-19)21(34)15-32-30-23(29-31-32)16-6-8-17(26)9-7-16/h4-14,22H,15H2,1-3H3,(H,28,35). The van der Waals surface area contributed by atoms with Crippen LogP contribution < -0.4 is 10.2 Å². The third kappa shape index (κ3) is 5.98. The first-order valence-electron chi connectivity index (χ1n) is 11.1. The molecule has 0 fully saturated rings. The number of benzene rings is 2. The van der Waals surface area contributed by atoms with Gasteiger partial charge in [0.2, 0.25) is 11.7 Å². The van der Waals surface area contributed by atoms with Gasteiger partial charge in [0.1, 0.15) is 24.2 Å². The van der Waals surface area contributed by atoms with Crippen LogP contribution in [0.4, 0.5) is 14.5 Å². The van der Waals surface area contributed by atoms with Crippen LogP contribution in [0.2, 0.25) is 0 Å². The molecule has 2 aromatic carbocycles. The predicted octanol–water partition coefficient (Wildman–Crippen LogP) is 4.37. The molecule has 2 aromatic heterocycles. The first-order valence-corrected chi connectivity index (χ1v) is 12.0. The van der Waals surface area contributed by atoms with Crippen molar-refractivity contribution >= 4 is 28.8 Å². The molecule has 0 radical (unpaired) electrons. The Morgan fingerprint density at radius 3 is 2.25 bits per heavy atom. The quantitative estimate of drug-likeness (QED) is 0.399. The largest absolute Gasteiger partial charge is 0.349 e. The van der Waals surface area contributed by atoms with Crippen LogP contribution in [0.5, 0.6) is 0 Å². The Morgan fingerprint density at radius 1 is 1.03 bits per heavy atom. The molecule has 0 aliphatic carbocycles. The molecule has 11 heteroatoms. The summed E-state index contributed by atoms with van der Waals surface area (Å²) < 4.78 is 27.0. The number of halogens is 2. The minimum atomic E-state index is -1.01. The highest BCUT2D eigenvalue weighted by Gasteiger charge is 2.35. The number of hydrogen-bond acceptors (Lipinski definition) is 6. The average molecular weight is 511 g/mol. The molecule has 4 aromatic rings. The molecule has 1 atom stereocenters. The van der Waals surface area contributed by atoms with Crippen LogP contribution >= 0.6 is 11.3 Å². The minimum absolute atomic E-state index is 0.219. The number of anilines is 1. The maximum Gasteiger partial charge on any atom is 0.251 e. The number of rotatable bonds is 7. The maximum atomic E-state index is 13.7. The molecule has 2 heterocycles. The van der Waals surface area contributed by atoms with Gasteiger partial charge in [0.05, 0.1) is 0 Å². The summed E-state index contributed by atoms with van der Waals surface area (Å²) in [6.45, 7) is 5.19. The number of aromatic nitrogens is 4. The second kappa shape index (κ2) is 10.3. The van der Waals surface area contributed by atoms with E-state index in [4.69, 9.17) is 0 Å². The lowest BCUT2D eigenvalue weighted by Crippen LogP contribution is -2.50. The van der Waals surface area contributed by atoms with E-state index in [0.717, 1.165) is 4.80 Å². The van der Waals surface area contributed by atoms with Crippen LogP contribution in [0.1, 0.15) is 31.7 Å². The Balaban J connectivity index is 1.69. The van der Waals surface area contributed by atoms with E-state index in [1.165, 1.54) is 64.8 Å². The molecule has 1 N–H and O–H groups in total. The molecule has 0 saturated heterocycles. The molecule has 2 amide bonds. The summed E-state index contributed by atoms with van der Waals surface area (Å²) in [5, 5.41) is 16.9. The second-order valence-electron chi connectivity index (χ2n) is 9.05. The molecule has 0 bridgehead atoms. The predicted molar refractivity (Wildman–Crippen MR) is 132 cm³/mol. The summed E-state index contributed by atoms with van der Waals surface area (Å²) in [6.07, 6.45) is 0. The highest BCUT2D eigenvalue weighted by atomic mass is 32.1. The van der Waals surface area contributed by atoms with Gasteiger partial charge in [-0.15, -0.1) is 21.5 Å². The zero-order valence-corrected chi connectivity index (χ0v) is 20.7. The van der Waals surface area contributed by atoms with Crippen molar-refractivity contribution in [3.63, 3.8) is 0 Å². The Kier molecular flexibility index (Phi) is 7.20. The van der Waals surface area contributed by atoms with Crippen LogP contribution in [-0.2, 0) is 16.1 Å². The van der Waals surface area contributed by atoms with Crippen LogP contribution in [-0.4, -0.2) is 37.6 Å². The van der Waals surface area contributed by atoms with Crippen molar-refractivity contribution in [3.05, 3.63) is 82.6 Å². The highest BCUT2D eigenvalue weighted by Crippen LogP contribution is 2.31. The van der Waals surface area contributed by atoms with Gasteiger partial charge in [-0.1, -0.05) is 6.07 Å². The van der Waals surface area contributed by atoms with Gasteiger partial charge in [-0.25, -0.2) is 8.78 Å². The molecule has 4 rings (SSSR count). The van der Waals surface area contributed by atoms with E-state index in [1.807, 2.05) is 26.2 Å². The molecular weight excluding hydrogens is 486 g/mol. The van der Waals surface area contributed by atoms with Crippen LogP contribution in [0.3, 0.4) is 0 Å². The molecule has 0 spiro atoms. The van der Waals surface area contributed by atoms with Crippen molar-refractivity contribution < 1.29 is 18.4 Å². The Hall–Kier alpha value is -3.99. The number of thiophene rings is 1. The number of carbonyl (C=O) groups excluding carboxylic acids is 2. The van der Waals surface area contributed by atoms with Crippen molar-refractivity contribution in [2.24, 2.45) is 0 Å². The first kappa shape index (κ1) is 25.1. The summed E-state index contributed by atoms with van der Waals surface area (Å²) in [7, 11) is 0. The Bertz CT molecular complexity index is 1330. The van der Waals surface area contributed by atoms with Crippen LogP contribution in [0.15, 0.2) is 66.0 Å². The number of hydrogen-bond donors (Lipinski definition) is 1. The fourth-order valence-electron chi connectivity index (χ4n) is 3.52. The molecule has 0 saturated carbocycles. The smallest absolute Gasteiger partial charge is 0.251 e. The summed E-state index contributed by atoms with van der Waals surface area (Å²) in [4.78, 5) is 30.2. The molecule has 36 heavy (non-hydrogen) atoms. The van der Waals surface area contributed by atoms with E-state index in [2.05, 4.69) is 20.7 Å².